The van der Waals surface area contributed by atoms with E-state index in [0.717, 1.165) is 0 Å². The molecule has 1 rings (SSSR count). The predicted molar refractivity (Wildman–Crippen MR) is 64.8 cm³/mol. The van der Waals surface area contributed by atoms with Gasteiger partial charge in [-0.05, 0) is 41.6 Å². The van der Waals surface area contributed by atoms with Crippen LogP contribution in [0.15, 0.2) is 12.1 Å². The van der Waals surface area contributed by atoms with Crippen molar-refractivity contribution >= 4 is 40.2 Å². The van der Waals surface area contributed by atoms with Gasteiger partial charge in [0.25, 0.3) is 0 Å². The van der Waals surface area contributed by atoms with Gasteiger partial charge >= 0.3 is 5.97 Å². The maximum atomic E-state index is 11.4. The lowest BCUT2D eigenvalue weighted by Crippen LogP contribution is -2.07. The summed E-state index contributed by atoms with van der Waals surface area (Å²) in [6, 6.07) is 5.00. The molecule has 0 aliphatic rings. The number of esters is 1. The quantitative estimate of drug-likeness (QED) is 0.617. The van der Waals surface area contributed by atoms with Crippen molar-refractivity contribution < 1.29 is 9.53 Å². The first-order chi connectivity index (χ1) is 7.11. The fourth-order valence-corrected chi connectivity index (χ4v) is 1.90. The summed E-state index contributed by atoms with van der Waals surface area (Å²) in [5, 5.41) is 9.02. The van der Waals surface area contributed by atoms with Gasteiger partial charge in [-0.3, -0.25) is 0 Å². The lowest BCUT2D eigenvalue weighted by atomic mass is 10.1. The first-order valence-electron chi connectivity index (χ1n) is 4.17. The molecule has 0 saturated carbocycles. The SMILES string of the molecule is CCOC(=O)c1ccc(C#N)c(Cl)c1I. The molecule has 0 atom stereocenters. The van der Waals surface area contributed by atoms with Gasteiger partial charge in [-0.1, -0.05) is 11.6 Å². The molecule has 78 valence electrons. The topological polar surface area (TPSA) is 50.1 Å². The monoisotopic (exact) mass is 335 g/mol. The number of nitriles is 1. The summed E-state index contributed by atoms with van der Waals surface area (Å²) in [4.78, 5) is 11.4. The van der Waals surface area contributed by atoms with E-state index in [9.17, 15) is 4.79 Å². The van der Waals surface area contributed by atoms with Crippen LogP contribution in [0.3, 0.4) is 0 Å². The van der Waals surface area contributed by atoms with Crippen molar-refractivity contribution in [2.45, 2.75) is 6.92 Å². The second-order valence-corrected chi connectivity index (χ2v) is 4.08. The standard InChI is InChI=1S/C10H7ClINO2/c1-2-15-10(14)7-4-3-6(5-13)8(11)9(7)12/h3-4H,2H2,1H3. The molecule has 0 N–H and O–H groups in total. The Balaban J connectivity index is 3.19. The molecule has 0 bridgehead atoms. The largest absolute Gasteiger partial charge is 0.462 e. The average Bonchev–Trinajstić information content (AvgIpc) is 2.22. The third-order valence-corrected chi connectivity index (χ3v) is 3.53. The molecular formula is C10H7ClINO2. The lowest BCUT2D eigenvalue weighted by Gasteiger charge is -2.06. The van der Waals surface area contributed by atoms with Crippen LogP contribution < -0.4 is 0 Å². The van der Waals surface area contributed by atoms with Crippen LogP contribution in [-0.4, -0.2) is 12.6 Å². The van der Waals surface area contributed by atoms with Crippen molar-refractivity contribution in [3.8, 4) is 6.07 Å². The summed E-state index contributed by atoms with van der Waals surface area (Å²) >= 11 is 7.83. The van der Waals surface area contributed by atoms with E-state index in [-0.39, 0.29) is 0 Å². The van der Waals surface area contributed by atoms with Crippen molar-refractivity contribution in [3.63, 3.8) is 0 Å². The predicted octanol–water partition coefficient (Wildman–Crippen LogP) is 2.99. The van der Waals surface area contributed by atoms with Gasteiger partial charge in [0.05, 0.1) is 22.8 Å². The Bertz CT molecular complexity index is 440. The van der Waals surface area contributed by atoms with E-state index >= 15 is 0 Å². The highest BCUT2D eigenvalue weighted by atomic mass is 127. The fourth-order valence-electron chi connectivity index (χ4n) is 1.00. The molecule has 5 heteroatoms. The normalized spacial score (nSPS) is 9.47. The fraction of sp³-hybridized carbons (Fsp3) is 0.200. The molecule has 0 aromatic heterocycles. The highest BCUT2D eigenvalue weighted by Crippen LogP contribution is 2.26. The van der Waals surface area contributed by atoms with Crippen molar-refractivity contribution in [3.05, 3.63) is 31.9 Å². The van der Waals surface area contributed by atoms with Crippen molar-refractivity contribution in [1.29, 1.82) is 5.26 Å². The number of hydrogen-bond donors (Lipinski definition) is 0. The van der Waals surface area contributed by atoms with Crippen LogP contribution in [0.2, 0.25) is 5.02 Å². The number of rotatable bonds is 2. The summed E-state index contributed by atoms with van der Waals surface area (Å²) < 4.78 is 5.40. The first kappa shape index (κ1) is 12.3. The van der Waals surface area contributed by atoms with E-state index < -0.39 is 5.97 Å². The minimum absolute atomic E-state index is 0.295. The molecule has 0 heterocycles. The van der Waals surface area contributed by atoms with Gasteiger partial charge in [0.1, 0.15) is 6.07 Å². The zero-order chi connectivity index (χ0) is 11.4. The highest BCUT2D eigenvalue weighted by Gasteiger charge is 2.15. The molecule has 3 nitrogen and oxygen atoms in total. The second-order valence-electron chi connectivity index (χ2n) is 2.62. The summed E-state index contributed by atoms with van der Waals surface area (Å²) in [6.07, 6.45) is 0. The molecule has 0 radical (unpaired) electrons. The van der Waals surface area contributed by atoms with Crippen LogP contribution in [0, 0.1) is 14.9 Å². The van der Waals surface area contributed by atoms with E-state index in [4.69, 9.17) is 21.6 Å². The van der Waals surface area contributed by atoms with Gasteiger partial charge in [-0.2, -0.15) is 5.26 Å². The number of carbonyl (C=O) groups excluding carboxylic acids is 1. The van der Waals surface area contributed by atoms with Gasteiger partial charge in [0.2, 0.25) is 0 Å². The van der Waals surface area contributed by atoms with E-state index in [1.165, 1.54) is 6.07 Å². The molecule has 1 aromatic rings. The van der Waals surface area contributed by atoms with Crippen molar-refractivity contribution in [1.82, 2.24) is 0 Å². The first-order valence-corrected chi connectivity index (χ1v) is 5.62. The number of halogens is 2. The maximum Gasteiger partial charge on any atom is 0.339 e. The van der Waals surface area contributed by atoms with Crippen molar-refractivity contribution in [2.24, 2.45) is 0 Å². The third-order valence-electron chi connectivity index (χ3n) is 1.70. The van der Waals surface area contributed by atoms with E-state index in [2.05, 4.69) is 0 Å². The van der Waals surface area contributed by atoms with Gasteiger partial charge < -0.3 is 4.74 Å². The number of nitrogens with zero attached hydrogens (tertiary/aromatic N) is 1. The van der Waals surface area contributed by atoms with Crippen molar-refractivity contribution in [2.75, 3.05) is 6.61 Å². The zero-order valence-corrected chi connectivity index (χ0v) is 10.8. The Hall–Kier alpha value is -0.800. The Morgan fingerprint density at radius 3 is 2.87 bits per heavy atom. The number of carbonyl (C=O) groups is 1. The zero-order valence-electron chi connectivity index (χ0n) is 7.88. The molecule has 15 heavy (non-hydrogen) atoms. The van der Waals surface area contributed by atoms with E-state index in [1.54, 1.807) is 13.0 Å². The number of benzene rings is 1. The highest BCUT2D eigenvalue weighted by molar-refractivity contribution is 14.1. The Labute approximate surface area is 106 Å². The minimum atomic E-state index is -0.423. The number of hydrogen-bond acceptors (Lipinski definition) is 3. The Morgan fingerprint density at radius 1 is 1.67 bits per heavy atom. The third kappa shape index (κ3) is 2.61. The maximum absolute atomic E-state index is 11.4. The molecule has 0 spiro atoms. The summed E-state index contributed by atoms with van der Waals surface area (Å²) in [6.45, 7) is 2.04. The lowest BCUT2D eigenvalue weighted by molar-refractivity contribution is 0.0525. The average molecular weight is 336 g/mol. The van der Waals surface area contributed by atoms with Crippen LogP contribution in [-0.2, 0) is 4.74 Å². The van der Waals surface area contributed by atoms with E-state index in [0.29, 0.717) is 26.3 Å². The molecule has 0 fully saturated rings. The summed E-state index contributed by atoms with van der Waals surface area (Å²) in [5.41, 5.74) is 0.746. The second kappa shape index (κ2) is 5.33. The molecule has 1 aromatic carbocycles. The minimum Gasteiger partial charge on any atom is -0.462 e. The molecule has 0 saturated heterocycles. The van der Waals surface area contributed by atoms with Gasteiger partial charge in [0, 0.05) is 3.57 Å². The molecule has 0 aliphatic carbocycles. The van der Waals surface area contributed by atoms with Crippen LogP contribution >= 0.6 is 34.2 Å². The number of ether oxygens (including phenoxy) is 1. The van der Waals surface area contributed by atoms with Crippen LogP contribution in [0.25, 0.3) is 0 Å². The van der Waals surface area contributed by atoms with Crippen LogP contribution in [0.4, 0.5) is 0 Å². The molecular weight excluding hydrogens is 328 g/mol. The van der Waals surface area contributed by atoms with Crippen LogP contribution in [0.1, 0.15) is 22.8 Å². The Kier molecular flexibility index (Phi) is 4.36. The van der Waals surface area contributed by atoms with Gasteiger partial charge in [-0.25, -0.2) is 4.79 Å². The van der Waals surface area contributed by atoms with Gasteiger partial charge in [-0.15, -0.1) is 0 Å². The molecule has 0 amide bonds. The molecule has 0 aliphatic heterocycles. The van der Waals surface area contributed by atoms with E-state index in [1.807, 2.05) is 28.7 Å². The molecule has 0 unspecified atom stereocenters. The summed E-state index contributed by atoms with van der Waals surface area (Å²) in [5.74, 6) is -0.423. The van der Waals surface area contributed by atoms with Crippen LogP contribution in [0.5, 0.6) is 0 Å². The summed E-state index contributed by atoms with van der Waals surface area (Å²) in [7, 11) is 0. The Morgan fingerprint density at radius 2 is 2.33 bits per heavy atom. The smallest absolute Gasteiger partial charge is 0.339 e. The van der Waals surface area contributed by atoms with Gasteiger partial charge in [0.15, 0.2) is 0 Å².